The molecule has 160 valence electrons. The van der Waals surface area contributed by atoms with Crippen LogP contribution in [0.25, 0.3) is 0 Å². The first-order valence-electron chi connectivity index (χ1n) is 11.2. The standard InChI is InChI=1S/C24H31N3O3/c1-23-9-7-16(26-27-22(25)29)12-15(23)3-4-17-19-6-5-18(14-11-21(28)30-13-14)24(19,2)10-8-20(17)23/h5-6,11,15,17,20H,3-4,7-10,12-13H2,1-2H3,(H3,25,27,29). The molecular weight excluding hydrogens is 378 g/mol. The number of nitrogens with one attached hydrogen (secondary N) is 1. The van der Waals surface area contributed by atoms with Crippen molar-refractivity contribution in [2.24, 2.45) is 39.4 Å². The molecular formula is C24H31N3O3. The number of cyclic esters (lactones) is 1. The highest BCUT2D eigenvalue weighted by Crippen LogP contribution is 2.65. The number of carbonyl (C=O) groups excluding carboxylic acids is 2. The molecule has 5 rings (SSSR count). The van der Waals surface area contributed by atoms with Crippen LogP contribution in [0.15, 0.2) is 40.0 Å². The molecule has 5 unspecified atom stereocenters. The Morgan fingerprint density at radius 3 is 2.80 bits per heavy atom. The first kappa shape index (κ1) is 19.6. The highest BCUT2D eigenvalue weighted by molar-refractivity contribution is 5.87. The molecule has 3 fully saturated rings. The van der Waals surface area contributed by atoms with E-state index in [1.165, 1.54) is 24.8 Å². The van der Waals surface area contributed by atoms with E-state index < -0.39 is 6.03 Å². The third kappa shape index (κ3) is 2.87. The van der Waals surface area contributed by atoms with E-state index in [0.29, 0.717) is 29.8 Å². The molecule has 3 N–H and O–H groups in total. The summed E-state index contributed by atoms with van der Waals surface area (Å²) in [7, 11) is 0. The van der Waals surface area contributed by atoms with Gasteiger partial charge in [-0.1, -0.05) is 31.6 Å². The summed E-state index contributed by atoms with van der Waals surface area (Å²) in [5.41, 5.74) is 13.0. The third-order valence-electron chi connectivity index (χ3n) is 8.87. The lowest BCUT2D eigenvalue weighted by molar-refractivity contribution is -0.134. The van der Waals surface area contributed by atoms with Gasteiger partial charge in [-0.05, 0) is 73.7 Å². The fourth-order valence-corrected chi connectivity index (χ4v) is 7.28. The number of hydrogen-bond donors (Lipinski definition) is 2. The van der Waals surface area contributed by atoms with Crippen LogP contribution in [0, 0.1) is 28.6 Å². The van der Waals surface area contributed by atoms with E-state index in [-0.39, 0.29) is 11.4 Å². The summed E-state index contributed by atoms with van der Waals surface area (Å²) >= 11 is 0. The Hall–Kier alpha value is -2.37. The van der Waals surface area contributed by atoms with E-state index in [1.54, 1.807) is 11.6 Å². The van der Waals surface area contributed by atoms with Gasteiger partial charge in [0.1, 0.15) is 6.61 Å². The van der Waals surface area contributed by atoms with Gasteiger partial charge < -0.3 is 10.5 Å². The molecule has 1 aliphatic heterocycles. The minimum absolute atomic E-state index is 0.0386. The Balaban J connectivity index is 1.36. The van der Waals surface area contributed by atoms with Crippen LogP contribution in [0.5, 0.6) is 0 Å². The lowest BCUT2D eigenvalue weighted by atomic mass is 9.46. The van der Waals surface area contributed by atoms with Gasteiger partial charge in [-0.3, -0.25) is 0 Å². The van der Waals surface area contributed by atoms with Crippen LogP contribution in [-0.4, -0.2) is 24.3 Å². The van der Waals surface area contributed by atoms with E-state index in [2.05, 4.69) is 36.5 Å². The Labute approximate surface area is 177 Å². The number of rotatable bonds is 2. The highest BCUT2D eigenvalue weighted by Gasteiger charge is 2.56. The second-order valence-electron chi connectivity index (χ2n) is 10.2. The summed E-state index contributed by atoms with van der Waals surface area (Å²) in [4.78, 5) is 22.6. The van der Waals surface area contributed by atoms with Gasteiger partial charge >= 0.3 is 12.0 Å². The van der Waals surface area contributed by atoms with Gasteiger partial charge in [0.25, 0.3) is 0 Å². The number of esters is 1. The first-order valence-corrected chi connectivity index (χ1v) is 11.2. The molecule has 5 aliphatic rings. The second-order valence-corrected chi connectivity index (χ2v) is 10.2. The van der Waals surface area contributed by atoms with Crippen molar-refractivity contribution in [3.8, 4) is 0 Å². The predicted molar refractivity (Wildman–Crippen MR) is 114 cm³/mol. The summed E-state index contributed by atoms with van der Waals surface area (Å²) < 4.78 is 5.20. The van der Waals surface area contributed by atoms with Crippen LogP contribution in [0.2, 0.25) is 0 Å². The van der Waals surface area contributed by atoms with Gasteiger partial charge in [-0.2, -0.15) is 5.10 Å². The Morgan fingerprint density at radius 2 is 2.07 bits per heavy atom. The SMILES string of the molecule is CC12CCC3C(CCC4CC(=NNC(N)=O)CCC43C)C1=CC=C2C1=CC(=O)OC1. The summed E-state index contributed by atoms with van der Waals surface area (Å²) in [5.74, 6) is 1.70. The van der Waals surface area contributed by atoms with E-state index in [4.69, 9.17) is 10.5 Å². The Bertz CT molecular complexity index is 930. The molecule has 6 nitrogen and oxygen atoms in total. The normalized spacial score (nSPS) is 41.1. The van der Waals surface area contributed by atoms with Crippen molar-refractivity contribution in [3.63, 3.8) is 0 Å². The molecule has 2 amide bonds. The highest BCUT2D eigenvalue weighted by atomic mass is 16.5. The van der Waals surface area contributed by atoms with Crippen LogP contribution in [0.3, 0.4) is 0 Å². The average molecular weight is 410 g/mol. The average Bonchev–Trinajstić information content (AvgIpc) is 3.28. The van der Waals surface area contributed by atoms with Crippen molar-refractivity contribution in [2.75, 3.05) is 6.61 Å². The van der Waals surface area contributed by atoms with Gasteiger partial charge in [0.2, 0.25) is 0 Å². The summed E-state index contributed by atoms with van der Waals surface area (Å²) in [6.45, 7) is 5.27. The molecule has 0 bridgehead atoms. The zero-order chi connectivity index (χ0) is 21.1. The number of fused-ring (bicyclic) bond motifs is 5. The summed E-state index contributed by atoms with van der Waals surface area (Å²) in [5, 5.41) is 4.26. The molecule has 0 radical (unpaired) electrons. The maximum Gasteiger partial charge on any atom is 0.332 e. The second kappa shape index (κ2) is 6.82. The number of allylic oxidation sites excluding steroid dienone is 3. The van der Waals surface area contributed by atoms with E-state index in [9.17, 15) is 9.59 Å². The number of nitrogens with two attached hydrogens (primary N) is 1. The van der Waals surface area contributed by atoms with Gasteiger partial charge in [0.05, 0.1) is 0 Å². The zero-order valence-electron chi connectivity index (χ0n) is 17.9. The van der Waals surface area contributed by atoms with Crippen LogP contribution >= 0.6 is 0 Å². The molecule has 5 atom stereocenters. The molecule has 6 heteroatoms. The van der Waals surface area contributed by atoms with Crippen LogP contribution < -0.4 is 11.2 Å². The van der Waals surface area contributed by atoms with E-state index in [1.807, 2.05) is 0 Å². The maximum atomic E-state index is 11.6. The quantitative estimate of drug-likeness (QED) is 0.533. The fourth-order valence-electron chi connectivity index (χ4n) is 7.28. The van der Waals surface area contributed by atoms with Crippen molar-refractivity contribution in [2.45, 2.75) is 58.8 Å². The number of primary amides is 1. The third-order valence-corrected chi connectivity index (χ3v) is 8.87. The smallest absolute Gasteiger partial charge is 0.332 e. The van der Waals surface area contributed by atoms with Crippen molar-refractivity contribution in [3.05, 3.63) is 34.9 Å². The monoisotopic (exact) mass is 409 g/mol. The molecule has 0 spiro atoms. The molecule has 0 aromatic rings. The molecule has 4 aliphatic carbocycles. The largest absolute Gasteiger partial charge is 0.458 e. The number of nitrogens with zero attached hydrogens (tertiary/aromatic N) is 1. The van der Waals surface area contributed by atoms with Crippen molar-refractivity contribution in [1.29, 1.82) is 0 Å². The molecule has 0 aromatic carbocycles. The van der Waals surface area contributed by atoms with Crippen LogP contribution in [0.1, 0.15) is 58.8 Å². The van der Waals surface area contributed by atoms with E-state index >= 15 is 0 Å². The van der Waals surface area contributed by atoms with Gasteiger partial charge in [-0.25, -0.2) is 15.0 Å². The molecule has 0 saturated heterocycles. The van der Waals surface area contributed by atoms with Crippen LogP contribution in [0.4, 0.5) is 4.79 Å². The topological polar surface area (TPSA) is 93.8 Å². The lowest BCUT2D eigenvalue weighted by Gasteiger charge is -2.58. The minimum atomic E-state index is -0.591. The molecule has 3 saturated carbocycles. The van der Waals surface area contributed by atoms with Crippen molar-refractivity contribution >= 4 is 17.7 Å². The number of hydrazone groups is 1. The van der Waals surface area contributed by atoms with Crippen molar-refractivity contribution in [1.82, 2.24) is 5.43 Å². The van der Waals surface area contributed by atoms with Gasteiger partial charge in [0.15, 0.2) is 0 Å². The van der Waals surface area contributed by atoms with Gasteiger partial charge in [-0.15, -0.1) is 0 Å². The number of carbonyl (C=O) groups is 2. The summed E-state index contributed by atoms with van der Waals surface area (Å²) in [6.07, 6.45) is 14.1. The lowest BCUT2D eigenvalue weighted by Crippen LogP contribution is -2.51. The number of urea groups is 1. The number of ether oxygens (including phenoxy) is 1. The number of hydrogen-bond acceptors (Lipinski definition) is 4. The zero-order valence-corrected chi connectivity index (χ0v) is 17.9. The van der Waals surface area contributed by atoms with Crippen molar-refractivity contribution < 1.29 is 14.3 Å². The van der Waals surface area contributed by atoms with E-state index in [0.717, 1.165) is 37.0 Å². The Morgan fingerprint density at radius 1 is 1.23 bits per heavy atom. The fraction of sp³-hybridized carbons (Fsp3) is 0.625. The Kier molecular flexibility index (Phi) is 4.46. The van der Waals surface area contributed by atoms with Crippen LogP contribution in [-0.2, 0) is 9.53 Å². The number of amides is 2. The molecule has 0 aromatic heterocycles. The van der Waals surface area contributed by atoms with Gasteiger partial charge in [0, 0.05) is 22.8 Å². The maximum absolute atomic E-state index is 11.6. The predicted octanol–water partition coefficient (Wildman–Crippen LogP) is 3.99. The first-order chi connectivity index (χ1) is 14.3. The summed E-state index contributed by atoms with van der Waals surface area (Å²) in [6, 6.07) is -0.591. The molecule has 1 heterocycles. The minimum Gasteiger partial charge on any atom is -0.458 e. The molecule has 30 heavy (non-hydrogen) atoms.